The number of hydrogen-bond acceptors (Lipinski definition) is 4. The molecule has 3 rings (SSSR count). The van der Waals surface area contributed by atoms with Crippen molar-refractivity contribution in [1.82, 2.24) is 5.32 Å². The number of hydrogen-bond donors (Lipinski definition) is 1. The third-order valence-electron chi connectivity index (χ3n) is 3.39. The summed E-state index contributed by atoms with van der Waals surface area (Å²) in [7, 11) is 0. The predicted molar refractivity (Wildman–Crippen MR) is 73.0 cm³/mol. The number of benzene rings is 1. The summed E-state index contributed by atoms with van der Waals surface area (Å²) in [6.45, 7) is 3.69. The Morgan fingerprint density at radius 3 is 2.95 bits per heavy atom. The molecule has 0 bridgehead atoms. The van der Waals surface area contributed by atoms with Gasteiger partial charge in [-0.15, -0.1) is 0 Å². The SMILES string of the molecule is Clc1ccc2c(c1)CC(CNCC1COCCO1)O2. The molecule has 1 fully saturated rings. The van der Waals surface area contributed by atoms with E-state index in [1.165, 1.54) is 5.56 Å². The van der Waals surface area contributed by atoms with Crippen molar-refractivity contribution in [3.05, 3.63) is 28.8 Å². The quantitative estimate of drug-likeness (QED) is 0.912. The van der Waals surface area contributed by atoms with Gasteiger partial charge in [0.05, 0.1) is 25.9 Å². The number of rotatable bonds is 4. The molecular weight excluding hydrogens is 266 g/mol. The molecule has 2 aliphatic rings. The fourth-order valence-corrected chi connectivity index (χ4v) is 2.66. The van der Waals surface area contributed by atoms with E-state index in [-0.39, 0.29) is 12.2 Å². The first kappa shape index (κ1) is 13.2. The molecular formula is C14H18ClNO3. The summed E-state index contributed by atoms with van der Waals surface area (Å²) in [6, 6.07) is 5.79. The third kappa shape index (κ3) is 3.39. The minimum absolute atomic E-state index is 0.159. The Morgan fingerprint density at radius 2 is 2.11 bits per heavy atom. The van der Waals surface area contributed by atoms with Gasteiger partial charge in [0.1, 0.15) is 11.9 Å². The van der Waals surface area contributed by atoms with Crippen molar-refractivity contribution in [3.63, 3.8) is 0 Å². The summed E-state index contributed by atoms with van der Waals surface area (Å²) in [6.07, 6.45) is 1.25. The molecule has 104 valence electrons. The normalized spacial score (nSPS) is 25.9. The minimum atomic E-state index is 0.159. The van der Waals surface area contributed by atoms with Crippen LogP contribution in [0.1, 0.15) is 5.56 Å². The average Bonchev–Trinajstić information content (AvgIpc) is 2.82. The zero-order chi connectivity index (χ0) is 13.1. The van der Waals surface area contributed by atoms with Gasteiger partial charge < -0.3 is 19.5 Å². The van der Waals surface area contributed by atoms with Crippen LogP contribution in [0.25, 0.3) is 0 Å². The molecule has 19 heavy (non-hydrogen) atoms. The van der Waals surface area contributed by atoms with E-state index in [4.69, 9.17) is 25.8 Å². The molecule has 0 radical (unpaired) electrons. The van der Waals surface area contributed by atoms with Gasteiger partial charge in [0.2, 0.25) is 0 Å². The van der Waals surface area contributed by atoms with Gasteiger partial charge in [-0.05, 0) is 23.8 Å². The second-order valence-corrected chi connectivity index (χ2v) is 5.36. The van der Waals surface area contributed by atoms with E-state index in [2.05, 4.69) is 5.32 Å². The van der Waals surface area contributed by atoms with E-state index < -0.39 is 0 Å². The molecule has 0 saturated carbocycles. The van der Waals surface area contributed by atoms with Crippen LogP contribution >= 0.6 is 11.6 Å². The Labute approximate surface area is 118 Å². The van der Waals surface area contributed by atoms with Crippen LogP contribution < -0.4 is 10.1 Å². The summed E-state index contributed by atoms with van der Waals surface area (Å²) in [5, 5.41) is 4.15. The van der Waals surface area contributed by atoms with Gasteiger partial charge >= 0.3 is 0 Å². The van der Waals surface area contributed by atoms with Crippen LogP contribution in [0.15, 0.2) is 18.2 Å². The predicted octanol–water partition coefficient (Wildman–Crippen LogP) is 1.65. The molecule has 2 unspecified atom stereocenters. The van der Waals surface area contributed by atoms with E-state index in [9.17, 15) is 0 Å². The van der Waals surface area contributed by atoms with Crippen LogP contribution in [0.2, 0.25) is 5.02 Å². The van der Waals surface area contributed by atoms with Gasteiger partial charge in [0, 0.05) is 24.5 Å². The lowest BCUT2D eigenvalue weighted by Gasteiger charge is -2.23. The maximum absolute atomic E-state index is 5.98. The topological polar surface area (TPSA) is 39.7 Å². The number of fused-ring (bicyclic) bond motifs is 1. The van der Waals surface area contributed by atoms with Gasteiger partial charge in [-0.3, -0.25) is 0 Å². The molecule has 0 amide bonds. The highest BCUT2D eigenvalue weighted by Crippen LogP contribution is 2.30. The molecule has 2 heterocycles. The molecule has 1 N–H and O–H groups in total. The summed E-state index contributed by atoms with van der Waals surface area (Å²) in [4.78, 5) is 0. The monoisotopic (exact) mass is 283 g/mol. The number of nitrogens with one attached hydrogen (secondary N) is 1. The maximum Gasteiger partial charge on any atom is 0.123 e. The van der Waals surface area contributed by atoms with Crippen molar-refractivity contribution in [1.29, 1.82) is 0 Å². The molecule has 0 aliphatic carbocycles. The Bertz CT molecular complexity index is 435. The van der Waals surface area contributed by atoms with Gasteiger partial charge in [0.15, 0.2) is 0 Å². The molecule has 0 aromatic heterocycles. The third-order valence-corrected chi connectivity index (χ3v) is 3.63. The van der Waals surface area contributed by atoms with Gasteiger partial charge in [-0.25, -0.2) is 0 Å². The second-order valence-electron chi connectivity index (χ2n) is 4.92. The lowest BCUT2D eigenvalue weighted by Crippen LogP contribution is -2.40. The van der Waals surface area contributed by atoms with Crippen molar-refractivity contribution < 1.29 is 14.2 Å². The summed E-state index contributed by atoms with van der Waals surface area (Å²) in [5.41, 5.74) is 1.19. The molecule has 4 nitrogen and oxygen atoms in total. The lowest BCUT2D eigenvalue weighted by atomic mass is 10.1. The van der Waals surface area contributed by atoms with Crippen LogP contribution in [0.3, 0.4) is 0 Å². The van der Waals surface area contributed by atoms with Crippen molar-refractivity contribution in [2.75, 3.05) is 32.9 Å². The minimum Gasteiger partial charge on any atom is -0.488 e. The zero-order valence-corrected chi connectivity index (χ0v) is 11.5. The van der Waals surface area contributed by atoms with Crippen molar-refractivity contribution in [2.45, 2.75) is 18.6 Å². The molecule has 0 spiro atoms. The lowest BCUT2D eigenvalue weighted by molar-refractivity contribution is -0.0866. The zero-order valence-electron chi connectivity index (χ0n) is 10.7. The highest BCUT2D eigenvalue weighted by molar-refractivity contribution is 6.30. The summed E-state index contributed by atoms with van der Waals surface area (Å²) in [5.74, 6) is 0.952. The number of ether oxygens (including phenoxy) is 3. The van der Waals surface area contributed by atoms with Crippen LogP contribution in [0, 0.1) is 0 Å². The summed E-state index contributed by atoms with van der Waals surface area (Å²) >= 11 is 5.98. The van der Waals surface area contributed by atoms with Gasteiger partial charge in [0.25, 0.3) is 0 Å². The molecule has 2 aliphatic heterocycles. The van der Waals surface area contributed by atoms with Crippen molar-refractivity contribution >= 4 is 11.6 Å². The van der Waals surface area contributed by atoms with Crippen molar-refractivity contribution in [2.24, 2.45) is 0 Å². The fraction of sp³-hybridized carbons (Fsp3) is 0.571. The molecule has 1 saturated heterocycles. The first-order chi connectivity index (χ1) is 9.31. The van der Waals surface area contributed by atoms with Crippen LogP contribution in [0.4, 0.5) is 0 Å². The first-order valence-electron chi connectivity index (χ1n) is 6.66. The van der Waals surface area contributed by atoms with E-state index >= 15 is 0 Å². The first-order valence-corrected chi connectivity index (χ1v) is 7.04. The van der Waals surface area contributed by atoms with E-state index in [0.717, 1.165) is 30.3 Å². The fourth-order valence-electron chi connectivity index (χ4n) is 2.46. The van der Waals surface area contributed by atoms with E-state index in [1.54, 1.807) is 0 Å². The maximum atomic E-state index is 5.98. The Morgan fingerprint density at radius 1 is 1.21 bits per heavy atom. The van der Waals surface area contributed by atoms with Gasteiger partial charge in [-0.1, -0.05) is 11.6 Å². The smallest absolute Gasteiger partial charge is 0.123 e. The number of halogens is 1. The Kier molecular flexibility index (Phi) is 4.23. The standard InChI is InChI=1S/C14H18ClNO3/c15-11-1-2-14-10(5-11)6-12(19-14)7-16-8-13-9-17-3-4-18-13/h1-2,5,12-13,16H,3-4,6-9H2. The van der Waals surface area contributed by atoms with E-state index in [1.807, 2.05) is 18.2 Å². The molecule has 5 heteroatoms. The Balaban J connectivity index is 1.43. The summed E-state index contributed by atoms with van der Waals surface area (Å²) < 4.78 is 16.8. The second kappa shape index (κ2) is 6.09. The van der Waals surface area contributed by atoms with E-state index in [0.29, 0.717) is 19.8 Å². The Hall–Kier alpha value is -0.810. The largest absolute Gasteiger partial charge is 0.488 e. The van der Waals surface area contributed by atoms with Crippen molar-refractivity contribution in [3.8, 4) is 5.75 Å². The molecule has 2 atom stereocenters. The van der Waals surface area contributed by atoms with Crippen LogP contribution in [-0.2, 0) is 15.9 Å². The molecule has 1 aromatic rings. The van der Waals surface area contributed by atoms with Crippen LogP contribution in [0.5, 0.6) is 5.75 Å². The molecule has 1 aromatic carbocycles. The highest BCUT2D eigenvalue weighted by atomic mass is 35.5. The average molecular weight is 284 g/mol. The van der Waals surface area contributed by atoms with Crippen LogP contribution in [-0.4, -0.2) is 45.1 Å². The highest BCUT2D eigenvalue weighted by Gasteiger charge is 2.23. The van der Waals surface area contributed by atoms with Gasteiger partial charge in [-0.2, -0.15) is 0 Å².